The van der Waals surface area contributed by atoms with E-state index in [0.29, 0.717) is 27.4 Å². The van der Waals surface area contributed by atoms with Crippen molar-refractivity contribution in [3.63, 3.8) is 0 Å². The molecule has 1 amide bonds. The minimum Gasteiger partial charge on any atom is -0.481 e. The van der Waals surface area contributed by atoms with Crippen LogP contribution in [0.5, 0.6) is 0 Å². The standard InChI is InChI=1S/C27H22ClFN4O4/c1-14-2-4-15(5-3-14)21-13-20(32-33(21)27(37)19(29)12-22(34)35)24-23(16-6-8-17(28)9-7-16)18-10-11-30-25(18)31-26(24)36/h2-11,19,21H,12-13H2,1H3,(H,34,35)(H2,30,31,36). The summed E-state index contributed by atoms with van der Waals surface area (Å²) in [5, 5.41) is 15.7. The predicted octanol–water partition coefficient (Wildman–Crippen LogP) is 4.98. The Morgan fingerprint density at radius 1 is 1.14 bits per heavy atom. The number of carbonyl (C=O) groups excluding carboxylic acids is 1. The van der Waals surface area contributed by atoms with Crippen LogP contribution in [0.4, 0.5) is 4.39 Å². The first-order valence-electron chi connectivity index (χ1n) is 11.6. The number of aryl methyl sites for hydroxylation is 1. The minimum atomic E-state index is -2.28. The number of halogens is 2. The number of fused-ring (bicyclic) bond motifs is 1. The van der Waals surface area contributed by atoms with E-state index in [1.54, 1.807) is 30.5 Å². The minimum absolute atomic E-state index is 0.133. The molecule has 3 heterocycles. The van der Waals surface area contributed by atoms with Gasteiger partial charge in [-0.05, 0) is 36.2 Å². The summed E-state index contributed by atoms with van der Waals surface area (Å²) in [4.78, 5) is 43.3. The number of hydrazone groups is 1. The van der Waals surface area contributed by atoms with Crippen molar-refractivity contribution in [2.75, 3.05) is 0 Å². The summed E-state index contributed by atoms with van der Waals surface area (Å²) in [6.45, 7) is 1.91. The zero-order chi connectivity index (χ0) is 26.3. The van der Waals surface area contributed by atoms with Crippen molar-refractivity contribution in [2.24, 2.45) is 5.10 Å². The van der Waals surface area contributed by atoms with Crippen LogP contribution in [0.15, 0.2) is 70.7 Å². The smallest absolute Gasteiger partial charge is 0.306 e. The van der Waals surface area contributed by atoms with Gasteiger partial charge in [0.25, 0.3) is 11.5 Å². The first-order valence-corrected chi connectivity index (χ1v) is 11.9. The van der Waals surface area contributed by atoms with E-state index in [9.17, 15) is 18.8 Å². The van der Waals surface area contributed by atoms with Crippen LogP contribution in [-0.4, -0.2) is 43.8 Å². The van der Waals surface area contributed by atoms with Gasteiger partial charge in [0.05, 0.1) is 23.7 Å². The van der Waals surface area contributed by atoms with Crippen LogP contribution in [0.3, 0.4) is 0 Å². The molecule has 0 saturated heterocycles. The van der Waals surface area contributed by atoms with Gasteiger partial charge < -0.3 is 15.1 Å². The number of alkyl halides is 1. The molecule has 0 bridgehead atoms. The number of carboxylic acid groups (broad SMARTS) is 1. The maximum atomic E-state index is 14.7. The van der Waals surface area contributed by atoms with Gasteiger partial charge in [0, 0.05) is 28.6 Å². The van der Waals surface area contributed by atoms with Crippen molar-refractivity contribution in [3.05, 3.63) is 92.9 Å². The second-order valence-electron chi connectivity index (χ2n) is 8.90. The van der Waals surface area contributed by atoms with Crippen LogP contribution in [-0.2, 0) is 9.59 Å². The SMILES string of the molecule is Cc1ccc(C2CC(c3c(-c4ccc(Cl)cc4)c4cc[nH]c4[nH]c3=O)=NN2C(=O)C(F)CC(=O)O)cc1. The van der Waals surface area contributed by atoms with Gasteiger partial charge in [0.2, 0.25) is 0 Å². The molecule has 0 saturated carbocycles. The summed E-state index contributed by atoms with van der Waals surface area (Å²) in [5.41, 5.74) is 3.61. The maximum Gasteiger partial charge on any atom is 0.306 e. The average Bonchev–Trinajstić information content (AvgIpc) is 3.50. The maximum absolute atomic E-state index is 14.7. The zero-order valence-electron chi connectivity index (χ0n) is 19.7. The van der Waals surface area contributed by atoms with E-state index >= 15 is 0 Å². The Balaban J connectivity index is 1.68. The molecule has 2 atom stereocenters. The highest BCUT2D eigenvalue weighted by molar-refractivity contribution is 6.30. The number of hydrogen-bond donors (Lipinski definition) is 3. The molecule has 37 heavy (non-hydrogen) atoms. The summed E-state index contributed by atoms with van der Waals surface area (Å²) in [5.74, 6) is -2.51. The first kappa shape index (κ1) is 24.5. The lowest BCUT2D eigenvalue weighted by Crippen LogP contribution is -2.35. The highest BCUT2D eigenvalue weighted by Crippen LogP contribution is 2.37. The highest BCUT2D eigenvalue weighted by atomic mass is 35.5. The lowest BCUT2D eigenvalue weighted by Gasteiger charge is -2.23. The molecule has 2 unspecified atom stereocenters. The van der Waals surface area contributed by atoms with Gasteiger partial charge in [-0.1, -0.05) is 53.6 Å². The number of nitrogens with one attached hydrogen (secondary N) is 2. The first-order chi connectivity index (χ1) is 17.7. The number of nitrogens with zero attached hydrogens (tertiary/aromatic N) is 2. The van der Waals surface area contributed by atoms with Gasteiger partial charge >= 0.3 is 5.97 Å². The molecule has 1 aliphatic heterocycles. The van der Waals surface area contributed by atoms with Gasteiger partial charge in [-0.25, -0.2) is 9.40 Å². The quantitative estimate of drug-likeness (QED) is 0.332. The van der Waals surface area contributed by atoms with Gasteiger partial charge in [0.15, 0.2) is 6.17 Å². The van der Waals surface area contributed by atoms with Crippen LogP contribution in [0.1, 0.15) is 35.6 Å². The third kappa shape index (κ3) is 4.65. The Morgan fingerprint density at radius 3 is 2.51 bits per heavy atom. The number of amides is 1. The number of carbonyl (C=O) groups is 2. The lowest BCUT2D eigenvalue weighted by atomic mass is 9.92. The second-order valence-corrected chi connectivity index (χ2v) is 9.34. The van der Waals surface area contributed by atoms with Crippen molar-refractivity contribution >= 4 is 40.2 Å². The van der Waals surface area contributed by atoms with Crippen molar-refractivity contribution in [2.45, 2.75) is 32.0 Å². The molecule has 0 spiro atoms. The Kier molecular flexibility index (Phi) is 6.39. The molecule has 2 aromatic heterocycles. The normalized spacial score (nSPS) is 16.1. The fraction of sp³-hybridized carbons (Fsp3) is 0.185. The van der Waals surface area contributed by atoms with E-state index in [-0.39, 0.29) is 17.7 Å². The Labute approximate surface area is 215 Å². The molecule has 1 aliphatic rings. The largest absolute Gasteiger partial charge is 0.481 e. The Bertz CT molecular complexity index is 1590. The molecule has 0 fully saturated rings. The third-order valence-corrected chi connectivity index (χ3v) is 6.63. The zero-order valence-corrected chi connectivity index (χ0v) is 20.4. The molecule has 2 aromatic carbocycles. The lowest BCUT2D eigenvalue weighted by molar-refractivity contribution is -0.146. The van der Waals surface area contributed by atoms with Crippen molar-refractivity contribution in [1.82, 2.24) is 15.0 Å². The monoisotopic (exact) mass is 520 g/mol. The average molecular weight is 521 g/mol. The van der Waals surface area contributed by atoms with Crippen molar-refractivity contribution < 1.29 is 19.1 Å². The number of H-pyrrole nitrogens is 2. The van der Waals surface area contributed by atoms with Crippen LogP contribution in [0.25, 0.3) is 22.2 Å². The summed E-state index contributed by atoms with van der Waals surface area (Å²) in [6, 6.07) is 15.4. The van der Waals surface area contributed by atoms with Crippen LogP contribution in [0.2, 0.25) is 5.02 Å². The molecule has 3 N–H and O–H groups in total. The molecular weight excluding hydrogens is 499 g/mol. The van der Waals surface area contributed by atoms with Crippen LogP contribution < -0.4 is 5.56 Å². The van der Waals surface area contributed by atoms with E-state index < -0.39 is 36.1 Å². The number of carboxylic acids is 1. The fourth-order valence-corrected chi connectivity index (χ4v) is 4.72. The summed E-state index contributed by atoms with van der Waals surface area (Å²) >= 11 is 6.09. The summed E-state index contributed by atoms with van der Waals surface area (Å²) in [6.07, 6.45) is -1.43. The van der Waals surface area contributed by atoms with Crippen molar-refractivity contribution in [1.29, 1.82) is 0 Å². The van der Waals surface area contributed by atoms with E-state index in [1.807, 2.05) is 37.3 Å². The number of benzene rings is 2. The number of pyridine rings is 1. The Morgan fingerprint density at radius 2 is 1.84 bits per heavy atom. The van der Waals surface area contributed by atoms with Crippen molar-refractivity contribution in [3.8, 4) is 11.1 Å². The van der Waals surface area contributed by atoms with E-state index in [0.717, 1.165) is 16.0 Å². The molecule has 0 radical (unpaired) electrons. The van der Waals surface area contributed by atoms with E-state index in [2.05, 4.69) is 15.1 Å². The molecule has 188 valence electrons. The number of rotatable bonds is 6. The Hall–Kier alpha value is -4.24. The number of aromatic nitrogens is 2. The molecule has 4 aromatic rings. The topological polar surface area (TPSA) is 119 Å². The molecular formula is C27H22ClFN4O4. The number of aromatic amines is 2. The summed E-state index contributed by atoms with van der Waals surface area (Å²) in [7, 11) is 0. The van der Waals surface area contributed by atoms with E-state index in [4.69, 9.17) is 16.7 Å². The fourth-order valence-electron chi connectivity index (χ4n) is 4.59. The number of hydrogen-bond acceptors (Lipinski definition) is 4. The third-order valence-electron chi connectivity index (χ3n) is 6.37. The van der Waals surface area contributed by atoms with Gasteiger partial charge in [0.1, 0.15) is 5.65 Å². The highest BCUT2D eigenvalue weighted by Gasteiger charge is 2.38. The van der Waals surface area contributed by atoms with E-state index in [1.165, 1.54) is 0 Å². The predicted molar refractivity (Wildman–Crippen MR) is 138 cm³/mol. The van der Waals surface area contributed by atoms with Gasteiger partial charge in [-0.2, -0.15) is 5.10 Å². The molecule has 5 rings (SSSR count). The molecule has 8 nitrogen and oxygen atoms in total. The molecule has 0 aliphatic carbocycles. The van der Waals surface area contributed by atoms with Gasteiger partial charge in [-0.3, -0.25) is 14.4 Å². The van der Waals surface area contributed by atoms with Crippen LogP contribution >= 0.6 is 11.6 Å². The number of aliphatic carboxylic acids is 1. The second kappa shape index (κ2) is 9.67. The van der Waals surface area contributed by atoms with Crippen LogP contribution in [0, 0.1) is 6.92 Å². The molecule has 10 heteroatoms. The summed E-state index contributed by atoms with van der Waals surface area (Å²) < 4.78 is 14.7. The van der Waals surface area contributed by atoms with Gasteiger partial charge in [-0.15, -0.1) is 0 Å².